The first-order valence-corrected chi connectivity index (χ1v) is 7.42. The quantitative estimate of drug-likeness (QED) is 0.899. The molecule has 1 aromatic carbocycles. The second-order valence-electron chi connectivity index (χ2n) is 5.54. The highest BCUT2D eigenvalue weighted by molar-refractivity contribution is 5.96. The molecule has 2 rings (SSSR count). The van der Waals surface area contributed by atoms with Crippen LogP contribution in [0, 0.1) is 0 Å². The molecule has 0 aromatic heterocycles. The van der Waals surface area contributed by atoms with E-state index in [0.29, 0.717) is 11.3 Å². The molecule has 1 aromatic rings. The summed E-state index contributed by atoms with van der Waals surface area (Å²) in [5.74, 6) is -0.150. The summed E-state index contributed by atoms with van der Waals surface area (Å²) in [7, 11) is 1.82. The van der Waals surface area contributed by atoms with Crippen molar-refractivity contribution in [1.29, 1.82) is 0 Å². The molecule has 0 saturated carbocycles. The SMILES string of the molecule is CC(=O)Nc1cccc(C(=O)N(C)CCN2CCCC2)c1. The smallest absolute Gasteiger partial charge is 0.253 e. The molecular weight excluding hydrogens is 266 g/mol. The van der Waals surface area contributed by atoms with Crippen LogP contribution in [0.3, 0.4) is 0 Å². The van der Waals surface area contributed by atoms with E-state index in [-0.39, 0.29) is 11.8 Å². The van der Waals surface area contributed by atoms with E-state index in [1.54, 1.807) is 29.2 Å². The molecular formula is C16H23N3O2. The Labute approximate surface area is 125 Å². The van der Waals surface area contributed by atoms with E-state index in [9.17, 15) is 9.59 Å². The van der Waals surface area contributed by atoms with E-state index in [1.165, 1.54) is 19.8 Å². The minimum absolute atomic E-state index is 0.0126. The number of hydrogen-bond donors (Lipinski definition) is 1. The van der Waals surface area contributed by atoms with E-state index in [1.807, 2.05) is 7.05 Å². The highest BCUT2D eigenvalue weighted by Crippen LogP contribution is 2.13. The van der Waals surface area contributed by atoms with Gasteiger partial charge in [0.1, 0.15) is 0 Å². The fraction of sp³-hybridized carbons (Fsp3) is 0.500. The molecule has 1 heterocycles. The predicted octanol–water partition coefficient (Wildman–Crippen LogP) is 1.81. The molecule has 1 saturated heterocycles. The number of nitrogens with one attached hydrogen (secondary N) is 1. The minimum Gasteiger partial charge on any atom is -0.340 e. The van der Waals surface area contributed by atoms with Gasteiger partial charge >= 0.3 is 0 Å². The van der Waals surface area contributed by atoms with Crippen LogP contribution in [-0.4, -0.2) is 54.8 Å². The first kappa shape index (κ1) is 15.5. The lowest BCUT2D eigenvalue weighted by atomic mass is 10.1. The Morgan fingerprint density at radius 1 is 1.29 bits per heavy atom. The molecule has 114 valence electrons. The number of nitrogens with zero attached hydrogens (tertiary/aromatic N) is 2. The largest absolute Gasteiger partial charge is 0.340 e. The van der Waals surface area contributed by atoms with Gasteiger partial charge in [0.05, 0.1) is 0 Å². The van der Waals surface area contributed by atoms with Gasteiger partial charge in [0.25, 0.3) is 5.91 Å². The molecule has 0 aliphatic carbocycles. The van der Waals surface area contributed by atoms with E-state index in [4.69, 9.17) is 0 Å². The molecule has 2 amide bonds. The molecule has 1 aliphatic rings. The molecule has 0 spiro atoms. The molecule has 0 atom stereocenters. The number of likely N-dealkylation sites (N-methyl/N-ethyl adjacent to an activating group) is 1. The molecule has 1 aliphatic heterocycles. The maximum absolute atomic E-state index is 12.4. The van der Waals surface area contributed by atoms with Crippen molar-refractivity contribution in [2.24, 2.45) is 0 Å². The topological polar surface area (TPSA) is 52.7 Å². The lowest BCUT2D eigenvalue weighted by Gasteiger charge is -2.21. The Hall–Kier alpha value is -1.88. The normalized spacial score (nSPS) is 15.0. The molecule has 21 heavy (non-hydrogen) atoms. The van der Waals surface area contributed by atoms with Crippen LogP contribution in [0.15, 0.2) is 24.3 Å². The van der Waals surface area contributed by atoms with Crippen molar-refractivity contribution in [3.63, 3.8) is 0 Å². The third-order valence-electron chi connectivity index (χ3n) is 3.73. The Bertz CT molecular complexity index is 510. The van der Waals surface area contributed by atoms with Crippen molar-refractivity contribution in [2.45, 2.75) is 19.8 Å². The van der Waals surface area contributed by atoms with Crippen LogP contribution < -0.4 is 5.32 Å². The molecule has 1 N–H and O–H groups in total. The van der Waals surface area contributed by atoms with Gasteiger partial charge in [-0.2, -0.15) is 0 Å². The number of carbonyl (C=O) groups is 2. The van der Waals surface area contributed by atoms with Gasteiger partial charge in [0.15, 0.2) is 0 Å². The van der Waals surface area contributed by atoms with Crippen LogP contribution in [0.1, 0.15) is 30.1 Å². The number of hydrogen-bond acceptors (Lipinski definition) is 3. The van der Waals surface area contributed by atoms with Crippen molar-refractivity contribution in [3.05, 3.63) is 29.8 Å². The first-order valence-electron chi connectivity index (χ1n) is 7.42. The summed E-state index contributed by atoms with van der Waals surface area (Å²) in [4.78, 5) is 27.6. The van der Waals surface area contributed by atoms with Crippen molar-refractivity contribution in [1.82, 2.24) is 9.80 Å². The fourth-order valence-electron chi connectivity index (χ4n) is 2.55. The van der Waals surface area contributed by atoms with Gasteiger partial charge in [-0.25, -0.2) is 0 Å². The van der Waals surface area contributed by atoms with Crippen LogP contribution in [0.5, 0.6) is 0 Å². The monoisotopic (exact) mass is 289 g/mol. The number of likely N-dealkylation sites (tertiary alicyclic amines) is 1. The zero-order valence-corrected chi connectivity index (χ0v) is 12.8. The van der Waals surface area contributed by atoms with Crippen molar-refractivity contribution in [2.75, 3.05) is 38.5 Å². The lowest BCUT2D eigenvalue weighted by Crippen LogP contribution is -2.35. The molecule has 1 fully saturated rings. The summed E-state index contributed by atoms with van der Waals surface area (Å²) in [6.07, 6.45) is 2.52. The van der Waals surface area contributed by atoms with Gasteiger partial charge in [-0.05, 0) is 44.1 Å². The summed E-state index contributed by atoms with van der Waals surface area (Å²) in [5, 5.41) is 2.70. The third-order valence-corrected chi connectivity index (χ3v) is 3.73. The van der Waals surface area contributed by atoms with E-state index in [0.717, 1.165) is 26.2 Å². The van der Waals surface area contributed by atoms with Gasteiger partial charge in [-0.1, -0.05) is 6.07 Å². The van der Waals surface area contributed by atoms with Gasteiger partial charge in [0, 0.05) is 38.3 Å². The van der Waals surface area contributed by atoms with E-state index < -0.39 is 0 Å². The second-order valence-corrected chi connectivity index (χ2v) is 5.54. The molecule has 5 heteroatoms. The summed E-state index contributed by atoms with van der Waals surface area (Å²) in [6.45, 7) is 5.38. The molecule has 0 radical (unpaired) electrons. The van der Waals surface area contributed by atoms with Crippen LogP contribution in [-0.2, 0) is 4.79 Å². The van der Waals surface area contributed by atoms with Crippen LogP contribution >= 0.6 is 0 Å². The lowest BCUT2D eigenvalue weighted by molar-refractivity contribution is -0.114. The maximum Gasteiger partial charge on any atom is 0.253 e. The number of amides is 2. The molecule has 5 nitrogen and oxygen atoms in total. The van der Waals surface area contributed by atoms with E-state index in [2.05, 4.69) is 10.2 Å². The zero-order valence-electron chi connectivity index (χ0n) is 12.8. The highest BCUT2D eigenvalue weighted by Gasteiger charge is 2.15. The number of carbonyl (C=O) groups excluding carboxylic acids is 2. The maximum atomic E-state index is 12.4. The average Bonchev–Trinajstić information content (AvgIpc) is 2.97. The third kappa shape index (κ3) is 4.56. The van der Waals surface area contributed by atoms with Gasteiger partial charge < -0.3 is 15.1 Å². The average molecular weight is 289 g/mol. The zero-order chi connectivity index (χ0) is 15.2. The Kier molecular flexibility index (Phi) is 5.33. The number of anilines is 1. The first-order chi connectivity index (χ1) is 10.1. The van der Waals surface area contributed by atoms with Crippen molar-refractivity contribution >= 4 is 17.5 Å². The summed E-state index contributed by atoms with van der Waals surface area (Å²) in [6, 6.07) is 7.06. The van der Waals surface area contributed by atoms with Crippen LogP contribution in [0.4, 0.5) is 5.69 Å². The number of rotatable bonds is 5. The predicted molar refractivity (Wildman–Crippen MR) is 83.4 cm³/mol. The summed E-state index contributed by atoms with van der Waals surface area (Å²) in [5.41, 5.74) is 1.26. The summed E-state index contributed by atoms with van der Waals surface area (Å²) < 4.78 is 0. The second kappa shape index (κ2) is 7.22. The Morgan fingerprint density at radius 3 is 2.67 bits per heavy atom. The minimum atomic E-state index is -0.137. The fourth-order valence-corrected chi connectivity index (χ4v) is 2.55. The van der Waals surface area contributed by atoms with Gasteiger partial charge in [-0.15, -0.1) is 0 Å². The van der Waals surface area contributed by atoms with Crippen LogP contribution in [0.2, 0.25) is 0 Å². The highest BCUT2D eigenvalue weighted by atomic mass is 16.2. The Balaban J connectivity index is 1.92. The standard InChI is InChI=1S/C16H23N3O2/c1-13(20)17-15-7-5-6-14(12-15)16(21)18(2)10-11-19-8-3-4-9-19/h5-7,12H,3-4,8-11H2,1-2H3,(H,17,20). The number of benzene rings is 1. The van der Waals surface area contributed by atoms with Crippen LogP contribution in [0.25, 0.3) is 0 Å². The van der Waals surface area contributed by atoms with Gasteiger partial charge in [0.2, 0.25) is 5.91 Å². The van der Waals surface area contributed by atoms with Crippen molar-refractivity contribution in [3.8, 4) is 0 Å². The van der Waals surface area contributed by atoms with Crippen molar-refractivity contribution < 1.29 is 9.59 Å². The molecule has 0 unspecified atom stereocenters. The van der Waals surface area contributed by atoms with Gasteiger partial charge in [-0.3, -0.25) is 9.59 Å². The summed E-state index contributed by atoms with van der Waals surface area (Å²) >= 11 is 0. The molecule has 0 bridgehead atoms. The Morgan fingerprint density at radius 2 is 2.00 bits per heavy atom. The van der Waals surface area contributed by atoms with E-state index >= 15 is 0 Å².